The van der Waals surface area contributed by atoms with Crippen molar-refractivity contribution in [3.05, 3.63) is 57.8 Å². The first-order valence-corrected chi connectivity index (χ1v) is 11.1. The number of carbonyl (C=O) groups excluding carboxylic acids is 2. The summed E-state index contributed by atoms with van der Waals surface area (Å²) in [6.45, 7) is 8.51. The molecule has 2 unspecified atom stereocenters. The van der Waals surface area contributed by atoms with Crippen LogP contribution < -0.4 is 5.32 Å². The zero-order valence-electron chi connectivity index (χ0n) is 17.6. The summed E-state index contributed by atoms with van der Waals surface area (Å²) < 4.78 is 0. The topological polar surface area (TPSA) is 52.7 Å². The fourth-order valence-electron chi connectivity index (χ4n) is 4.07. The van der Waals surface area contributed by atoms with E-state index < -0.39 is 0 Å². The van der Waals surface area contributed by atoms with Crippen LogP contribution in [0.2, 0.25) is 0 Å². The summed E-state index contributed by atoms with van der Waals surface area (Å²) in [5.41, 5.74) is 2.37. The van der Waals surface area contributed by atoms with Gasteiger partial charge in [-0.2, -0.15) is 0 Å². The number of amides is 2. The smallest absolute Gasteiger partial charge is 0.264 e. The van der Waals surface area contributed by atoms with E-state index in [0.29, 0.717) is 11.4 Å². The average Bonchev–Trinajstić information content (AvgIpc) is 3.20. The van der Waals surface area contributed by atoms with Gasteiger partial charge in [0.1, 0.15) is 0 Å². The Labute approximate surface area is 177 Å². The molecule has 5 nitrogen and oxygen atoms in total. The molecule has 2 atom stereocenters. The highest BCUT2D eigenvalue weighted by Gasteiger charge is 2.21. The lowest BCUT2D eigenvalue weighted by Gasteiger charge is -2.35. The van der Waals surface area contributed by atoms with Crippen molar-refractivity contribution in [3.8, 4) is 0 Å². The summed E-state index contributed by atoms with van der Waals surface area (Å²) in [5, 5.41) is 4.76. The van der Waals surface area contributed by atoms with Crippen molar-refractivity contribution >= 4 is 23.2 Å². The van der Waals surface area contributed by atoms with E-state index in [1.807, 2.05) is 11.4 Å². The summed E-state index contributed by atoms with van der Waals surface area (Å²) in [6, 6.07) is 12.1. The second kappa shape index (κ2) is 10.0. The molecule has 0 spiro atoms. The van der Waals surface area contributed by atoms with E-state index in [1.54, 1.807) is 13.1 Å². The number of nitrogens with zero attached hydrogens (tertiary/aromatic N) is 2. The van der Waals surface area contributed by atoms with Gasteiger partial charge in [-0.3, -0.25) is 14.5 Å². The maximum Gasteiger partial charge on any atom is 0.264 e. The van der Waals surface area contributed by atoms with Crippen LogP contribution in [0.5, 0.6) is 0 Å². The summed E-state index contributed by atoms with van der Waals surface area (Å²) in [7, 11) is 1.65. The summed E-state index contributed by atoms with van der Waals surface area (Å²) >= 11 is 1.38. The third-order valence-corrected chi connectivity index (χ3v) is 6.18. The molecule has 3 rings (SSSR count). The Hall–Kier alpha value is -2.18. The fourth-order valence-corrected chi connectivity index (χ4v) is 4.79. The van der Waals surface area contributed by atoms with Gasteiger partial charge in [-0.05, 0) is 40.8 Å². The number of carbonyl (C=O) groups is 2. The van der Waals surface area contributed by atoms with Gasteiger partial charge < -0.3 is 10.2 Å². The van der Waals surface area contributed by atoms with Gasteiger partial charge in [0.2, 0.25) is 5.91 Å². The first kappa shape index (κ1) is 21.5. The Balaban J connectivity index is 1.43. The maximum absolute atomic E-state index is 12.2. The number of rotatable bonds is 7. The molecule has 0 bridgehead atoms. The van der Waals surface area contributed by atoms with Crippen LogP contribution in [0.25, 0.3) is 0 Å². The standard InChI is InChI=1S/C23H31N3O2S/c1-17-11-18(2)14-26(13-17)15-20-8-6-19(7-9-20)12-24-22(27)16-25(3)23(28)21-5-4-10-29-21/h4-10,17-18H,11-16H2,1-3H3,(H,24,27). The van der Waals surface area contributed by atoms with E-state index in [1.165, 1.54) is 41.3 Å². The van der Waals surface area contributed by atoms with E-state index in [0.717, 1.165) is 23.9 Å². The number of hydrogen-bond acceptors (Lipinski definition) is 4. The number of nitrogens with one attached hydrogen (secondary N) is 1. The fraction of sp³-hybridized carbons (Fsp3) is 0.478. The molecule has 6 heteroatoms. The summed E-state index contributed by atoms with van der Waals surface area (Å²) in [4.78, 5) is 29.0. The molecule has 1 aliphatic rings. The van der Waals surface area contributed by atoms with Gasteiger partial charge in [-0.1, -0.05) is 44.2 Å². The summed E-state index contributed by atoms with van der Waals surface area (Å²) in [5.74, 6) is 1.25. The monoisotopic (exact) mass is 413 g/mol. The van der Waals surface area contributed by atoms with Crippen molar-refractivity contribution in [2.75, 3.05) is 26.7 Å². The SMILES string of the molecule is CC1CC(C)CN(Cc2ccc(CNC(=O)CN(C)C(=O)c3cccs3)cc2)C1. The Morgan fingerprint density at radius 1 is 1.10 bits per heavy atom. The lowest BCUT2D eigenvalue weighted by molar-refractivity contribution is -0.121. The van der Waals surface area contributed by atoms with Crippen molar-refractivity contribution in [2.24, 2.45) is 11.8 Å². The van der Waals surface area contributed by atoms with Gasteiger partial charge in [0, 0.05) is 33.2 Å². The van der Waals surface area contributed by atoms with Crippen LogP contribution in [0.3, 0.4) is 0 Å². The number of piperidine rings is 1. The zero-order valence-corrected chi connectivity index (χ0v) is 18.4. The first-order valence-electron chi connectivity index (χ1n) is 10.3. The minimum Gasteiger partial charge on any atom is -0.350 e. The second-order valence-corrected chi connectivity index (χ2v) is 9.32. The van der Waals surface area contributed by atoms with Gasteiger partial charge in [0.15, 0.2) is 0 Å². The van der Waals surface area contributed by atoms with Crippen molar-refractivity contribution in [3.63, 3.8) is 0 Å². The van der Waals surface area contributed by atoms with E-state index in [9.17, 15) is 9.59 Å². The van der Waals surface area contributed by atoms with E-state index in [4.69, 9.17) is 0 Å². The zero-order chi connectivity index (χ0) is 20.8. The number of hydrogen-bond donors (Lipinski definition) is 1. The lowest BCUT2D eigenvalue weighted by Crippen LogP contribution is -2.38. The van der Waals surface area contributed by atoms with Crippen LogP contribution in [0.15, 0.2) is 41.8 Å². The molecule has 0 saturated carbocycles. The molecule has 1 saturated heterocycles. The molecule has 2 heterocycles. The number of likely N-dealkylation sites (tertiary alicyclic amines) is 1. The van der Waals surface area contributed by atoms with Crippen molar-refractivity contribution in [1.82, 2.24) is 15.1 Å². The van der Waals surface area contributed by atoms with Gasteiger partial charge in [-0.25, -0.2) is 0 Å². The molecule has 1 aromatic carbocycles. The number of thiophene rings is 1. The van der Waals surface area contributed by atoms with Crippen LogP contribution >= 0.6 is 11.3 Å². The Morgan fingerprint density at radius 3 is 2.38 bits per heavy atom. The van der Waals surface area contributed by atoms with Crippen molar-refractivity contribution in [1.29, 1.82) is 0 Å². The molecule has 0 aliphatic carbocycles. The van der Waals surface area contributed by atoms with Gasteiger partial charge in [-0.15, -0.1) is 11.3 Å². The minimum absolute atomic E-state index is 0.0557. The Kier molecular flexibility index (Phi) is 7.45. The Bertz CT molecular complexity index is 794. The van der Waals surface area contributed by atoms with Crippen LogP contribution in [0.4, 0.5) is 0 Å². The summed E-state index contributed by atoms with van der Waals surface area (Å²) in [6.07, 6.45) is 1.32. The Morgan fingerprint density at radius 2 is 1.76 bits per heavy atom. The molecule has 1 aromatic heterocycles. The highest BCUT2D eigenvalue weighted by molar-refractivity contribution is 7.12. The molecule has 1 aliphatic heterocycles. The number of likely N-dealkylation sites (N-methyl/N-ethyl adjacent to an activating group) is 1. The van der Waals surface area contributed by atoms with Crippen molar-refractivity contribution < 1.29 is 9.59 Å². The largest absolute Gasteiger partial charge is 0.350 e. The predicted octanol–water partition coefficient (Wildman–Crippen LogP) is 3.61. The highest BCUT2D eigenvalue weighted by atomic mass is 32.1. The minimum atomic E-state index is -0.155. The van der Waals surface area contributed by atoms with Crippen LogP contribution in [-0.2, 0) is 17.9 Å². The lowest BCUT2D eigenvalue weighted by atomic mass is 9.91. The second-order valence-electron chi connectivity index (χ2n) is 8.37. The van der Waals surface area contributed by atoms with E-state index in [2.05, 4.69) is 48.3 Å². The van der Waals surface area contributed by atoms with Crippen LogP contribution in [0, 0.1) is 11.8 Å². The normalized spacial score (nSPS) is 19.7. The maximum atomic E-state index is 12.2. The molecule has 29 heavy (non-hydrogen) atoms. The van der Waals surface area contributed by atoms with Gasteiger partial charge in [0.05, 0.1) is 11.4 Å². The van der Waals surface area contributed by atoms with E-state index >= 15 is 0 Å². The first-order chi connectivity index (χ1) is 13.9. The molecular weight excluding hydrogens is 382 g/mol. The third-order valence-electron chi connectivity index (χ3n) is 5.32. The molecule has 0 radical (unpaired) electrons. The number of benzene rings is 1. The quantitative estimate of drug-likeness (QED) is 0.754. The third kappa shape index (κ3) is 6.41. The average molecular weight is 414 g/mol. The van der Waals surface area contributed by atoms with Gasteiger partial charge >= 0.3 is 0 Å². The van der Waals surface area contributed by atoms with Crippen LogP contribution in [0.1, 0.15) is 41.1 Å². The van der Waals surface area contributed by atoms with E-state index in [-0.39, 0.29) is 18.4 Å². The molecule has 1 N–H and O–H groups in total. The van der Waals surface area contributed by atoms with Gasteiger partial charge in [0.25, 0.3) is 5.91 Å². The molecule has 2 amide bonds. The molecule has 156 valence electrons. The molecular formula is C23H31N3O2S. The molecule has 1 fully saturated rings. The highest BCUT2D eigenvalue weighted by Crippen LogP contribution is 2.22. The molecule has 2 aromatic rings. The van der Waals surface area contributed by atoms with Crippen molar-refractivity contribution in [2.45, 2.75) is 33.4 Å². The predicted molar refractivity (Wildman–Crippen MR) is 118 cm³/mol. The van der Waals surface area contributed by atoms with Crippen LogP contribution in [-0.4, -0.2) is 48.3 Å².